The van der Waals surface area contributed by atoms with E-state index in [2.05, 4.69) is 5.32 Å². The Balaban J connectivity index is 1.78. The first kappa shape index (κ1) is 14.4. The lowest BCUT2D eigenvalue weighted by Gasteiger charge is -2.40. The molecule has 2 aliphatic carbocycles. The van der Waals surface area contributed by atoms with Crippen molar-refractivity contribution in [2.75, 3.05) is 6.54 Å². The topological polar surface area (TPSA) is 66.4 Å². The van der Waals surface area contributed by atoms with Crippen LogP contribution in [0.4, 0.5) is 0 Å². The number of rotatable bonds is 5. The third-order valence-electron chi connectivity index (χ3n) is 4.78. The van der Waals surface area contributed by atoms with Gasteiger partial charge in [-0.25, -0.2) is 0 Å². The number of nitrogens with one attached hydrogen (secondary N) is 1. The number of carbonyl (C=O) groups excluding carboxylic acids is 1. The summed E-state index contributed by atoms with van der Waals surface area (Å²) < 4.78 is 0. The molecule has 2 aliphatic rings. The number of aliphatic carboxylic acids is 1. The highest BCUT2D eigenvalue weighted by Gasteiger charge is 2.38. The number of hydrogen-bond donors (Lipinski definition) is 2. The molecule has 0 aromatic heterocycles. The number of carboxylic acids is 1. The van der Waals surface area contributed by atoms with Gasteiger partial charge in [-0.05, 0) is 31.1 Å². The predicted molar refractivity (Wildman–Crippen MR) is 72.7 cm³/mol. The molecule has 0 aromatic carbocycles. The van der Waals surface area contributed by atoms with Crippen molar-refractivity contribution in [1.29, 1.82) is 0 Å². The minimum Gasteiger partial charge on any atom is -0.481 e. The largest absolute Gasteiger partial charge is 0.481 e. The Hall–Kier alpha value is -1.06. The molecule has 0 saturated heterocycles. The highest BCUT2D eigenvalue weighted by atomic mass is 16.4. The standard InChI is InChI=1S/C15H25NO3/c17-14(18)9-4-10-16-15(19)13-8-3-6-11-5-1-2-7-12(11)13/h11-13H,1-10H2,(H,16,19)(H,17,18). The Morgan fingerprint density at radius 3 is 2.58 bits per heavy atom. The normalized spacial score (nSPS) is 30.4. The molecular weight excluding hydrogens is 242 g/mol. The Bertz CT molecular complexity index is 327. The van der Waals surface area contributed by atoms with Crippen molar-refractivity contribution in [1.82, 2.24) is 5.32 Å². The van der Waals surface area contributed by atoms with Crippen LogP contribution >= 0.6 is 0 Å². The summed E-state index contributed by atoms with van der Waals surface area (Å²) in [6.07, 6.45) is 9.26. The lowest BCUT2D eigenvalue weighted by atomic mass is 9.65. The van der Waals surface area contributed by atoms with Gasteiger partial charge in [0.25, 0.3) is 0 Å². The predicted octanol–water partition coefficient (Wildman–Crippen LogP) is 2.57. The van der Waals surface area contributed by atoms with Crippen LogP contribution in [0.25, 0.3) is 0 Å². The summed E-state index contributed by atoms with van der Waals surface area (Å²) in [6.45, 7) is 0.499. The fraction of sp³-hybridized carbons (Fsp3) is 0.867. The van der Waals surface area contributed by atoms with E-state index in [1.54, 1.807) is 0 Å². The summed E-state index contributed by atoms with van der Waals surface area (Å²) in [4.78, 5) is 22.7. The second kappa shape index (κ2) is 6.92. The molecule has 0 heterocycles. The molecule has 1 amide bonds. The van der Waals surface area contributed by atoms with E-state index in [0.717, 1.165) is 12.3 Å². The van der Waals surface area contributed by atoms with E-state index in [0.29, 0.717) is 18.9 Å². The van der Waals surface area contributed by atoms with Gasteiger partial charge in [-0.3, -0.25) is 9.59 Å². The molecule has 3 atom stereocenters. The summed E-state index contributed by atoms with van der Waals surface area (Å²) in [5.41, 5.74) is 0. The van der Waals surface area contributed by atoms with Crippen LogP contribution in [0, 0.1) is 17.8 Å². The Labute approximate surface area is 115 Å². The average molecular weight is 267 g/mol. The molecule has 108 valence electrons. The smallest absolute Gasteiger partial charge is 0.303 e. The van der Waals surface area contributed by atoms with Gasteiger partial charge in [0.1, 0.15) is 0 Å². The highest BCUT2D eigenvalue weighted by molar-refractivity contribution is 5.79. The maximum absolute atomic E-state index is 12.2. The van der Waals surface area contributed by atoms with Crippen LogP contribution < -0.4 is 5.32 Å². The van der Waals surface area contributed by atoms with E-state index in [1.165, 1.54) is 38.5 Å². The van der Waals surface area contributed by atoms with Crippen LogP contribution in [0.2, 0.25) is 0 Å². The summed E-state index contributed by atoms with van der Waals surface area (Å²) in [6, 6.07) is 0. The van der Waals surface area contributed by atoms with Crippen molar-refractivity contribution >= 4 is 11.9 Å². The lowest BCUT2D eigenvalue weighted by Crippen LogP contribution is -2.41. The van der Waals surface area contributed by atoms with Crippen molar-refractivity contribution < 1.29 is 14.7 Å². The van der Waals surface area contributed by atoms with E-state index in [9.17, 15) is 9.59 Å². The van der Waals surface area contributed by atoms with Gasteiger partial charge in [-0.1, -0.05) is 32.1 Å². The van der Waals surface area contributed by atoms with Crippen LogP contribution in [-0.4, -0.2) is 23.5 Å². The quantitative estimate of drug-likeness (QED) is 0.752. The molecule has 0 aliphatic heterocycles. The monoisotopic (exact) mass is 267 g/mol. The molecule has 2 saturated carbocycles. The van der Waals surface area contributed by atoms with Gasteiger partial charge in [0.05, 0.1) is 0 Å². The summed E-state index contributed by atoms with van der Waals surface area (Å²) in [7, 11) is 0. The molecule has 4 heteroatoms. The number of fused-ring (bicyclic) bond motifs is 1. The van der Waals surface area contributed by atoms with Crippen molar-refractivity contribution in [3.05, 3.63) is 0 Å². The number of hydrogen-bond acceptors (Lipinski definition) is 2. The Kier molecular flexibility index (Phi) is 5.23. The van der Waals surface area contributed by atoms with E-state index in [-0.39, 0.29) is 18.2 Å². The Morgan fingerprint density at radius 2 is 1.79 bits per heavy atom. The minimum absolute atomic E-state index is 0.136. The number of carboxylic acid groups (broad SMARTS) is 1. The molecule has 4 nitrogen and oxygen atoms in total. The molecule has 19 heavy (non-hydrogen) atoms. The Morgan fingerprint density at radius 1 is 1.05 bits per heavy atom. The van der Waals surface area contributed by atoms with E-state index < -0.39 is 5.97 Å². The first-order valence-corrected chi connectivity index (χ1v) is 7.68. The summed E-state index contributed by atoms with van der Waals surface area (Å²) in [5, 5.41) is 11.5. The van der Waals surface area contributed by atoms with E-state index >= 15 is 0 Å². The molecule has 2 N–H and O–H groups in total. The zero-order chi connectivity index (χ0) is 13.7. The first-order valence-electron chi connectivity index (χ1n) is 7.68. The zero-order valence-corrected chi connectivity index (χ0v) is 11.6. The average Bonchev–Trinajstić information content (AvgIpc) is 2.42. The fourth-order valence-corrected chi connectivity index (χ4v) is 3.85. The van der Waals surface area contributed by atoms with Gasteiger partial charge in [-0.15, -0.1) is 0 Å². The summed E-state index contributed by atoms with van der Waals surface area (Å²) >= 11 is 0. The first-order chi connectivity index (χ1) is 9.18. The van der Waals surface area contributed by atoms with Crippen molar-refractivity contribution in [3.63, 3.8) is 0 Å². The molecule has 0 radical (unpaired) electrons. The third-order valence-corrected chi connectivity index (χ3v) is 4.78. The maximum Gasteiger partial charge on any atom is 0.303 e. The van der Waals surface area contributed by atoms with E-state index in [1.807, 2.05) is 0 Å². The van der Waals surface area contributed by atoms with Crippen LogP contribution in [0.5, 0.6) is 0 Å². The van der Waals surface area contributed by atoms with Crippen molar-refractivity contribution in [3.8, 4) is 0 Å². The van der Waals surface area contributed by atoms with Gasteiger partial charge in [-0.2, -0.15) is 0 Å². The molecule has 0 spiro atoms. The molecule has 2 rings (SSSR count). The molecule has 0 aromatic rings. The second-order valence-electron chi connectivity index (χ2n) is 6.03. The minimum atomic E-state index is -0.792. The lowest BCUT2D eigenvalue weighted by molar-refractivity contribution is -0.137. The molecule has 0 bridgehead atoms. The highest BCUT2D eigenvalue weighted by Crippen LogP contribution is 2.43. The third kappa shape index (κ3) is 3.95. The molecule has 3 unspecified atom stereocenters. The van der Waals surface area contributed by atoms with Gasteiger partial charge >= 0.3 is 5.97 Å². The zero-order valence-electron chi connectivity index (χ0n) is 11.6. The van der Waals surface area contributed by atoms with E-state index in [4.69, 9.17) is 5.11 Å². The van der Waals surface area contributed by atoms with Crippen molar-refractivity contribution in [2.24, 2.45) is 17.8 Å². The molecule has 2 fully saturated rings. The van der Waals surface area contributed by atoms with Gasteiger partial charge < -0.3 is 10.4 Å². The SMILES string of the molecule is O=C(O)CCCNC(=O)C1CCCC2CCCCC21. The van der Waals surface area contributed by atoms with Crippen LogP contribution in [0.1, 0.15) is 57.8 Å². The number of amides is 1. The number of carbonyl (C=O) groups is 2. The van der Waals surface area contributed by atoms with Gasteiger partial charge in [0, 0.05) is 18.9 Å². The van der Waals surface area contributed by atoms with Crippen LogP contribution in [0.15, 0.2) is 0 Å². The van der Waals surface area contributed by atoms with Crippen LogP contribution in [0.3, 0.4) is 0 Å². The maximum atomic E-state index is 12.2. The van der Waals surface area contributed by atoms with Gasteiger partial charge in [0.15, 0.2) is 0 Å². The summed E-state index contributed by atoms with van der Waals surface area (Å²) in [5.74, 6) is 0.907. The van der Waals surface area contributed by atoms with Crippen LogP contribution in [-0.2, 0) is 9.59 Å². The second-order valence-corrected chi connectivity index (χ2v) is 6.03. The fourth-order valence-electron chi connectivity index (χ4n) is 3.85. The van der Waals surface area contributed by atoms with Crippen molar-refractivity contribution in [2.45, 2.75) is 57.8 Å². The molecular formula is C15H25NO3. The van der Waals surface area contributed by atoms with Gasteiger partial charge in [0.2, 0.25) is 5.91 Å².